The standard InChI is InChI=1S/C34H42O3/c1-7-33(37,8-2)20-19-27-15-16-29(21-24(27)5)34(9-3,10-4)30-17-18-31(25(6)22-30)28-13-11-26(12-14-28)23-32(35)36/h11-22,37H,7-10,23H2,1-6H3,(H,35,36)/b20-19+. The highest BCUT2D eigenvalue weighted by molar-refractivity contribution is 5.72. The molecule has 3 aromatic carbocycles. The summed E-state index contributed by atoms with van der Waals surface area (Å²) in [6, 6.07) is 21.4. The number of aliphatic hydroxyl groups is 1. The summed E-state index contributed by atoms with van der Waals surface area (Å²) in [5.74, 6) is -0.813. The van der Waals surface area contributed by atoms with Gasteiger partial charge in [0.25, 0.3) is 0 Å². The molecule has 0 amide bonds. The van der Waals surface area contributed by atoms with Gasteiger partial charge in [0, 0.05) is 5.41 Å². The molecule has 0 saturated heterocycles. The molecule has 3 rings (SSSR count). The molecular weight excluding hydrogens is 456 g/mol. The van der Waals surface area contributed by atoms with Gasteiger partial charge in [0.05, 0.1) is 12.0 Å². The molecule has 3 heteroatoms. The molecular formula is C34H42O3. The van der Waals surface area contributed by atoms with Gasteiger partial charge in [0.15, 0.2) is 0 Å². The van der Waals surface area contributed by atoms with Crippen molar-refractivity contribution in [2.45, 2.75) is 84.7 Å². The molecule has 0 aliphatic carbocycles. The number of aryl methyl sites for hydroxylation is 2. The molecule has 0 saturated carbocycles. The van der Waals surface area contributed by atoms with Crippen LogP contribution in [0.25, 0.3) is 17.2 Å². The summed E-state index contributed by atoms with van der Waals surface area (Å²) in [6.07, 6.45) is 7.43. The average molecular weight is 499 g/mol. The van der Waals surface area contributed by atoms with Crippen molar-refractivity contribution >= 4 is 12.0 Å². The van der Waals surface area contributed by atoms with Crippen molar-refractivity contribution < 1.29 is 15.0 Å². The number of hydrogen-bond donors (Lipinski definition) is 2. The number of carboxylic acids is 1. The van der Waals surface area contributed by atoms with Crippen LogP contribution in [0.3, 0.4) is 0 Å². The Hall–Kier alpha value is -3.17. The lowest BCUT2D eigenvalue weighted by Crippen LogP contribution is -2.26. The molecule has 196 valence electrons. The lowest BCUT2D eigenvalue weighted by Gasteiger charge is -2.34. The van der Waals surface area contributed by atoms with Crippen molar-refractivity contribution in [1.29, 1.82) is 0 Å². The first kappa shape index (κ1) is 28.4. The molecule has 0 atom stereocenters. The van der Waals surface area contributed by atoms with E-state index in [2.05, 4.69) is 70.2 Å². The Bertz CT molecular complexity index is 1240. The number of carboxylic acid groups (broad SMARTS) is 1. The van der Waals surface area contributed by atoms with E-state index < -0.39 is 11.6 Å². The Morgan fingerprint density at radius 3 is 1.84 bits per heavy atom. The predicted molar refractivity (Wildman–Crippen MR) is 155 cm³/mol. The molecule has 0 aliphatic heterocycles. The van der Waals surface area contributed by atoms with Gasteiger partial charge in [-0.05, 0) is 84.0 Å². The molecule has 0 spiro atoms. The fourth-order valence-electron chi connectivity index (χ4n) is 5.39. The molecule has 3 nitrogen and oxygen atoms in total. The van der Waals surface area contributed by atoms with Crippen LogP contribution in [0.1, 0.15) is 86.8 Å². The number of benzene rings is 3. The van der Waals surface area contributed by atoms with E-state index in [4.69, 9.17) is 5.11 Å². The third kappa shape index (κ3) is 6.22. The molecule has 0 fully saturated rings. The Morgan fingerprint density at radius 1 is 0.784 bits per heavy atom. The van der Waals surface area contributed by atoms with E-state index in [0.29, 0.717) is 12.8 Å². The topological polar surface area (TPSA) is 57.5 Å². The van der Waals surface area contributed by atoms with E-state index in [9.17, 15) is 9.90 Å². The third-order valence-corrected chi connectivity index (χ3v) is 8.23. The van der Waals surface area contributed by atoms with E-state index in [-0.39, 0.29) is 11.8 Å². The summed E-state index contributed by atoms with van der Waals surface area (Å²) in [5.41, 5.74) is 8.44. The van der Waals surface area contributed by atoms with Gasteiger partial charge in [-0.15, -0.1) is 0 Å². The maximum Gasteiger partial charge on any atom is 0.307 e. The van der Waals surface area contributed by atoms with Gasteiger partial charge in [0.2, 0.25) is 0 Å². The van der Waals surface area contributed by atoms with Gasteiger partial charge in [-0.3, -0.25) is 4.79 Å². The molecule has 0 aliphatic rings. The van der Waals surface area contributed by atoms with Crippen molar-refractivity contribution in [3.63, 3.8) is 0 Å². The Balaban J connectivity index is 1.96. The predicted octanol–water partition coefficient (Wildman–Crippen LogP) is 8.27. The first-order valence-corrected chi connectivity index (χ1v) is 13.6. The molecule has 0 unspecified atom stereocenters. The van der Waals surface area contributed by atoms with Crippen LogP contribution in [0.4, 0.5) is 0 Å². The summed E-state index contributed by atoms with van der Waals surface area (Å²) in [4.78, 5) is 11.0. The summed E-state index contributed by atoms with van der Waals surface area (Å²) in [6.45, 7) is 12.9. The van der Waals surface area contributed by atoms with E-state index in [1.54, 1.807) is 0 Å². The second kappa shape index (κ2) is 11.9. The Labute approximate surface area is 222 Å². The lowest BCUT2D eigenvalue weighted by atomic mass is 9.69. The first-order chi connectivity index (χ1) is 17.6. The lowest BCUT2D eigenvalue weighted by molar-refractivity contribution is -0.136. The average Bonchev–Trinajstić information content (AvgIpc) is 2.89. The zero-order valence-corrected chi connectivity index (χ0v) is 23.3. The van der Waals surface area contributed by atoms with Crippen LogP contribution in [0.15, 0.2) is 66.7 Å². The molecule has 0 aromatic heterocycles. The van der Waals surface area contributed by atoms with Crippen molar-refractivity contribution in [3.8, 4) is 11.1 Å². The molecule has 0 bridgehead atoms. The number of hydrogen-bond acceptors (Lipinski definition) is 2. The van der Waals surface area contributed by atoms with Gasteiger partial charge >= 0.3 is 5.97 Å². The number of aliphatic carboxylic acids is 1. The van der Waals surface area contributed by atoms with Gasteiger partial charge in [-0.25, -0.2) is 0 Å². The second-order valence-corrected chi connectivity index (χ2v) is 10.3. The minimum Gasteiger partial charge on any atom is -0.481 e. The van der Waals surface area contributed by atoms with Crippen molar-refractivity contribution in [3.05, 3.63) is 100 Å². The highest BCUT2D eigenvalue weighted by Gasteiger charge is 2.31. The molecule has 3 aromatic rings. The van der Waals surface area contributed by atoms with Crippen molar-refractivity contribution in [2.24, 2.45) is 0 Å². The highest BCUT2D eigenvalue weighted by Crippen LogP contribution is 2.41. The fourth-order valence-corrected chi connectivity index (χ4v) is 5.39. The maximum atomic E-state index is 11.0. The largest absolute Gasteiger partial charge is 0.481 e. The Kier molecular flexibility index (Phi) is 9.15. The zero-order chi connectivity index (χ0) is 27.2. The maximum absolute atomic E-state index is 11.0. The van der Waals surface area contributed by atoms with Crippen LogP contribution in [0, 0.1) is 13.8 Å². The summed E-state index contributed by atoms with van der Waals surface area (Å²) in [7, 11) is 0. The van der Waals surface area contributed by atoms with Gasteiger partial charge in [-0.2, -0.15) is 0 Å². The SMILES string of the molecule is CCC(O)(/C=C/c1ccc(C(CC)(CC)c2ccc(-c3ccc(CC(=O)O)cc3)c(C)c2)cc1C)CC. The molecule has 37 heavy (non-hydrogen) atoms. The van der Waals surface area contributed by atoms with Crippen LogP contribution in [-0.2, 0) is 16.6 Å². The minimum absolute atomic E-state index is 0.0415. The van der Waals surface area contributed by atoms with Crippen molar-refractivity contribution in [2.75, 3.05) is 0 Å². The van der Waals surface area contributed by atoms with E-state index in [0.717, 1.165) is 29.5 Å². The quantitative estimate of drug-likeness (QED) is 0.280. The van der Waals surface area contributed by atoms with E-state index in [1.165, 1.54) is 27.8 Å². The van der Waals surface area contributed by atoms with Crippen LogP contribution in [-0.4, -0.2) is 21.8 Å². The molecule has 2 N–H and O–H groups in total. The summed E-state index contributed by atoms with van der Waals surface area (Å²) in [5, 5.41) is 19.7. The molecule has 0 heterocycles. The van der Waals surface area contributed by atoms with Crippen LogP contribution in [0.5, 0.6) is 0 Å². The van der Waals surface area contributed by atoms with Gasteiger partial charge < -0.3 is 10.2 Å². The normalized spacial score (nSPS) is 12.3. The molecule has 0 radical (unpaired) electrons. The first-order valence-electron chi connectivity index (χ1n) is 13.6. The van der Waals surface area contributed by atoms with Crippen LogP contribution in [0.2, 0.25) is 0 Å². The second-order valence-electron chi connectivity index (χ2n) is 10.3. The van der Waals surface area contributed by atoms with Gasteiger partial charge in [0.1, 0.15) is 0 Å². The number of rotatable bonds is 11. The van der Waals surface area contributed by atoms with E-state index in [1.807, 2.05) is 44.2 Å². The van der Waals surface area contributed by atoms with E-state index >= 15 is 0 Å². The fraction of sp³-hybridized carbons (Fsp3) is 0.382. The summed E-state index contributed by atoms with van der Waals surface area (Å²) >= 11 is 0. The van der Waals surface area contributed by atoms with Crippen LogP contribution >= 0.6 is 0 Å². The van der Waals surface area contributed by atoms with Gasteiger partial charge in [-0.1, -0.05) is 101 Å². The van der Waals surface area contributed by atoms with Crippen LogP contribution < -0.4 is 0 Å². The van der Waals surface area contributed by atoms with Crippen molar-refractivity contribution in [1.82, 2.24) is 0 Å². The zero-order valence-electron chi connectivity index (χ0n) is 23.3. The number of carbonyl (C=O) groups is 1. The Morgan fingerprint density at radius 2 is 1.35 bits per heavy atom. The highest BCUT2D eigenvalue weighted by atomic mass is 16.4. The smallest absolute Gasteiger partial charge is 0.307 e. The third-order valence-electron chi connectivity index (χ3n) is 8.23. The summed E-state index contributed by atoms with van der Waals surface area (Å²) < 4.78 is 0. The minimum atomic E-state index is -0.813. The monoisotopic (exact) mass is 498 g/mol.